The van der Waals surface area contributed by atoms with Gasteiger partial charge in [0.25, 0.3) is 0 Å². The molecule has 3 aromatic rings. The minimum atomic E-state index is 0.777. The molecule has 0 atom stereocenters. The minimum absolute atomic E-state index is 0.777. The van der Waals surface area contributed by atoms with E-state index in [-0.39, 0.29) is 0 Å². The molecule has 0 radical (unpaired) electrons. The van der Waals surface area contributed by atoms with Crippen LogP contribution in [-0.4, -0.2) is 14.8 Å². The molecule has 0 unspecified atom stereocenters. The standard InChI is InChI=1S/C11H10N4S2/c1-15-6-8(5-13-15)16-11-14-9-3-2-7(12)4-10(9)17-11/h2-6H,12H2,1H3. The Morgan fingerprint density at radius 3 is 3.06 bits per heavy atom. The minimum Gasteiger partial charge on any atom is -0.399 e. The zero-order valence-corrected chi connectivity index (χ0v) is 10.8. The van der Waals surface area contributed by atoms with Crippen molar-refractivity contribution in [2.24, 2.45) is 7.05 Å². The van der Waals surface area contributed by atoms with Gasteiger partial charge in [-0.3, -0.25) is 4.68 Å². The number of hydrogen-bond donors (Lipinski definition) is 1. The summed E-state index contributed by atoms with van der Waals surface area (Å²) in [5, 5.41) is 4.13. The summed E-state index contributed by atoms with van der Waals surface area (Å²) in [5.41, 5.74) is 7.52. The lowest BCUT2D eigenvalue weighted by Gasteiger charge is -1.89. The lowest BCUT2D eigenvalue weighted by atomic mass is 10.3. The molecule has 3 rings (SSSR count). The second-order valence-electron chi connectivity index (χ2n) is 3.66. The van der Waals surface area contributed by atoms with E-state index >= 15 is 0 Å². The third kappa shape index (κ3) is 2.13. The average molecular weight is 262 g/mol. The molecule has 0 bridgehead atoms. The van der Waals surface area contributed by atoms with Crippen molar-refractivity contribution in [3.63, 3.8) is 0 Å². The topological polar surface area (TPSA) is 56.7 Å². The first-order valence-corrected chi connectivity index (χ1v) is 6.66. The van der Waals surface area contributed by atoms with Gasteiger partial charge in [-0.2, -0.15) is 5.10 Å². The number of hydrogen-bond acceptors (Lipinski definition) is 5. The van der Waals surface area contributed by atoms with Gasteiger partial charge in [0.1, 0.15) is 0 Å². The van der Waals surface area contributed by atoms with E-state index in [2.05, 4.69) is 10.1 Å². The number of fused-ring (bicyclic) bond motifs is 1. The quantitative estimate of drug-likeness (QED) is 0.721. The first-order valence-electron chi connectivity index (χ1n) is 5.03. The second-order valence-corrected chi connectivity index (χ2v) is 6.01. The van der Waals surface area contributed by atoms with Crippen molar-refractivity contribution in [1.82, 2.24) is 14.8 Å². The smallest absolute Gasteiger partial charge is 0.156 e. The highest BCUT2D eigenvalue weighted by Gasteiger charge is 2.06. The predicted octanol–water partition coefficient (Wildman–Crippen LogP) is 2.76. The van der Waals surface area contributed by atoms with Crippen molar-refractivity contribution >= 4 is 39.0 Å². The van der Waals surface area contributed by atoms with Gasteiger partial charge in [-0.1, -0.05) is 11.8 Å². The highest BCUT2D eigenvalue weighted by Crippen LogP contribution is 2.34. The molecule has 2 aromatic heterocycles. The molecule has 0 spiro atoms. The number of rotatable bonds is 2. The summed E-state index contributed by atoms with van der Waals surface area (Å²) in [5.74, 6) is 0. The molecule has 0 aliphatic heterocycles. The number of nitrogen functional groups attached to an aromatic ring is 1. The van der Waals surface area contributed by atoms with Crippen LogP contribution in [0.2, 0.25) is 0 Å². The van der Waals surface area contributed by atoms with Crippen molar-refractivity contribution in [2.75, 3.05) is 5.73 Å². The van der Waals surface area contributed by atoms with Crippen LogP contribution in [0.25, 0.3) is 10.2 Å². The van der Waals surface area contributed by atoms with Crippen LogP contribution < -0.4 is 5.73 Å². The molecule has 2 heterocycles. The molecule has 0 aliphatic carbocycles. The van der Waals surface area contributed by atoms with Crippen LogP contribution >= 0.6 is 23.1 Å². The Morgan fingerprint density at radius 2 is 2.29 bits per heavy atom. The first-order chi connectivity index (χ1) is 8.20. The van der Waals surface area contributed by atoms with Gasteiger partial charge in [0.2, 0.25) is 0 Å². The fourth-order valence-corrected chi connectivity index (χ4v) is 3.64. The zero-order valence-electron chi connectivity index (χ0n) is 9.12. The molecule has 4 nitrogen and oxygen atoms in total. The highest BCUT2D eigenvalue weighted by molar-refractivity contribution is 8.01. The van der Waals surface area contributed by atoms with Gasteiger partial charge in [0.05, 0.1) is 21.3 Å². The molecule has 86 valence electrons. The number of aryl methyl sites for hydroxylation is 1. The van der Waals surface area contributed by atoms with Crippen molar-refractivity contribution in [3.05, 3.63) is 30.6 Å². The van der Waals surface area contributed by atoms with Crippen LogP contribution in [-0.2, 0) is 7.05 Å². The van der Waals surface area contributed by atoms with E-state index in [1.54, 1.807) is 27.8 Å². The number of benzene rings is 1. The predicted molar refractivity (Wildman–Crippen MR) is 71.4 cm³/mol. The second kappa shape index (κ2) is 4.05. The van der Waals surface area contributed by atoms with Crippen LogP contribution in [0, 0.1) is 0 Å². The normalized spacial score (nSPS) is 11.1. The highest BCUT2D eigenvalue weighted by atomic mass is 32.2. The van der Waals surface area contributed by atoms with E-state index < -0.39 is 0 Å². The Kier molecular flexibility index (Phi) is 2.53. The summed E-state index contributed by atoms with van der Waals surface area (Å²) in [6, 6.07) is 5.79. The Balaban J connectivity index is 1.95. The zero-order chi connectivity index (χ0) is 11.8. The molecule has 1 aromatic carbocycles. The van der Waals surface area contributed by atoms with E-state index in [0.717, 1.165) is 25.1 Å². The van der Waals surface area contributed by atoms with Crippen molar-refractivity contribution in [1.29, 1.82) is 0 Å². The molecule has 0 saturated heterocycles. The van der Waals surface area contributed by atoms with Crippen molar-refractivity contribution < 1.29 is 0 Å². The van der Waals surface area contributed by atoms with Gasteiger partial charge < -0.3 is 5.73 Å². The third-order valence-electron chi connectivity index (χ3n) is 2.28. The molecule has 0 aliphatic rings. The average Bonchev–Trinajstić information content (AvgIpc) is 2.84. The summed E-state index contributed by atoms with van der Waals surface area (Å²) >= 11 is 3.27. The molecular weight excluding hydrogens is 252 g/mol. The molecule has 17 heavy (non-hydrogen) atoms. The molecule has 0 fully saturated rings. The van der Waals surface area contributed by atoms with Gasteiger partial charge in [0.15, 0.2) is 4.34 Å². The summed E-state index contributed by atoms with van der Waals surface area (Å²) in [7, 11) is 1.91. The summed E-state index contributed by atoms with van der Waals surface area (Å²) in [6.45, 7) is 0. The fourth-order valence-electron chi connectivity index (χ4n) is 1.52. The number of thiazole rings is 1. The summed E-state index contributed by atoms with van der Waals surface area (Å²) in [4.78, 5) is 5.64. The Hall–Kier alpha value is -1.53. The largest absolute Gasteiger partial charge is 0.399 e. The van der Waals surface area contributed by atoms with Gasteiger partial charge >= 0.3 is 0 Å². The maximum atomic E-state index is 5.75. The summed E-state index contributed by atoms with van der Waals surface area (Å²) < 4.78 is 3.92. The summed E-state index contributed by atoms with van der Waals surface area (Å²) in [6.07, 6.45) is 3.82. The van der Waals surface area contributed by atoms with Gasteiger partial charge in [-0.25, -0.2) is 4.98 Å². The first kappa shape index (κ1) is 10.6. The fraction of sp³-hybridized carbons (Fsp3) is 0.0909. The monoisotopic (exact) mass is 262 g/mol. The van der Waals surface area contributed by atoms with E-state index in [4.69, 9.17) is 5.73 Å². The van der Waals surface area contributed by atoms with Crippen LogP contribution in [0.5, 0.6) is 0 Å². The molecule has 0 amide bonds. The molecule has 6 heteroatoms. The molecule has 2 N–H and O–H groups in total. The maximum Gasteiger partial charge on any atom is 0.156 e. The molecule has 0 saturated carbocycles. The number of anilines is 1. The lowest BCUT2D eigenvalue weighted by Crippen LogP contribution is -1.83. The SMILES string of the molecule is Cn1cc(Sc2nc3ccc(N)cc3s2)cn1. The van der Waals surface area contributed by atoms with Crippen molar-refractivity contribution in [2.45, 2.75) is 9.24 Å². The third-order valence-corrected chi connectivity index (χ3v) is 4.30. The lowest BCUT2D eigenvalue weighted by molar-refractivity contribution is 0.766. The maximum absolute atomic E-state index is 5.75. The van der Waals surface area contributed by atoms with Crippen LogP contribution in [0.3, 0.4) is 0 Å². The Morgan fingerprint density at radius 1 is 1.41 bits per heavy atom. The van der Waals surface area contributed by atoms with Crippen molar-refractivity contribution in [3.8, 4) is 0 Å². The number of aromatic nitrogens is 3. The molecular formula is C11H10N4S2. The van der Waals surface area contributed by atoms with Gasteiger partial charge in [-0.15, -0.1) is 11.3 Å². The van der Waals surface area contributed by atoms with Crippen LogP contribution in [0.4, 0.5) is 5.69 Å². The van der Waals surface area contributed by atoms with E-state index in [0.29, 0.717) is 0 Å². The Bertz CT molecular complexity index is 671. The van der Waals surface area contributed by atoms with E-state index in [1.165, 1.54) is 0 Å². The van der Waals surface area contributed by atoms with Crippen LogP contribution in [0.1, 0.15) is 0 Å². The number of nitrogens with two attached hydrogens (primary N) is 1. The van der Waals surface area contributed by atoms with E-state index in [1.807, 2.05) is 37.6 Å². The van der Waals surface area contributed by atoms with Crippen LogP contribution in [0.15, 0.2) is 39.8 Å². The number of nitrogens with zero attached hydrogens (tertiary/aromatic N) is 3. The van der Waals surface area contributed by atoms with Gasteiger partial charge in [-0.05, 0) is 18.2 Å². The Labute approximate surface area is 106 Å². The van der Waals surface area contributed by atoms with Gasteiger partial charge in [0, 0.05) is 18.9 Å². The van der Waals surface area contributed by atoms with E-state index in [9.17, 15) is 0 Å².